The van der Waals surface area contributed by atoms with E-state index in [1.807, 2.05) is 83.1 Å². The van der Waals surface area contributed by atoms with Crippen LogP contribution in [-0.4, -0.2) is 24.9 Å². The van der Waals surface area contributed by atoms with Crippen molar-refractivity contribution in [1.82, 2.24) is 0 Å². The Morgan fingerprint density at radius 3 is 1.22 bits per heavy atom. The number of hydrogen-bond acceptors (Lipinski definition) is 4. The van der Waals surface area contributed by atoms with Crippen molar-refractivity contribution < 1.29 is 18.0 Å². The summed E-state index contributed by atoms with van der Waals surface area (Å²) in [6.45, 7) is 21.3. The van der Waals surface area contributed by atoms with Crippen LogP contribution in [0.2, 0.25) is 0 Å². The summed E-state index contributed by atoms with van der Waals surface area (Å²) in [5.74, 6) is 0.134. The van der Waals surface area contributed by atoms with Crippen molar-refractivity contribution in [3.8, 4) is 0 Å². The molecule has 0 bridgehead atoms. The molecule has 3 aromatic rings. The number of hydrogen-bond donors (Lipinski definition) is 0. The molecule has 240 valence electrons. The summed E-state index contributed by atoms with van der Waals surface area (Å²) in [5.41, 5.74) is 3.72. The largest absolute Gasteiger partial charge is 0.333 e. The lowest BCUT2D eigenvalue weighted by Crippen LogP contribution is -2.36. The van der Waals surface area contributed by atoms with Gasteiger partial charge in [-0.2, -0.15) is 0 Å². The van der Waals surface area contributed by atoms with Gasteiger partial charge in [0.1, 0.15) is 11.6 Å². The monoisotopic (exact) mass is 627 g/mol. The van der Waals surface area contributed by atoms with Gasteiger partial charge in [-0.1, -0.05) is 90.2 Å². The fraction of sp³-hybridized carbons (Fsp3) is 0.462. The van der Waals surface area contributed by atoms with Gasteiger partial charge in [-0.05, 0) is 97.4 Å². The molecule has 2 unspecified atom stereocenters. The summed E-state index contributed by atoms with van der Waals surface area (Å²) in [6.07, 6.45) is 3.70. The van der Waals surface area contributed by atoms with E-state index in [1.54, 1.807) is 38.1 Å². The van der Waals surface area contributed by atoms with Crippen molar-refractivity contribution in [2.24, 2.45) is 0 Å². The highest BCUT2D eigenvalue weighted by atomic mass is 32.2. The Balaban J connectivity index is 1.83. The molecule has 6 heteroatoms. The van der Waals surface area contributed by atoms with Crippen LogP contribution in [0.4, 0.5) is 0 Å². The van der Waals surface area contributed by atoms with Gasteiger partial charge in [0.15, 0.2) is 0 Å². The molecule has 0 radical (unpaired) electrons. The smallest absolute Gasteiger partial charge is 0.299 e. The number of aryl methyl sites for hydroxylation is 3. The first kappa shape index (κ1) is 35.9. The van der Waals surface area contributed by atoms with Gasteiger partial charge in [-0.3, -0.25) is 14.4 Å². The predicted octanol–water partition coefficient (Wildman–Crippen LogP) is 9.22. The lowest BCUT2D eigenvalue weighted by atomic mass is 9.74. The lowest BCUT2D eigenvalue weighted by Gasteiger charge is -2.29. The number of benzene rings is 3. The quantitative estimate of drug-likeness (QED) is 0.117. The van der Waals surface area contributed by atoms with Gasteiger partial charge in [0.2, 0.25) is 0 Å². The molecule has 0 aromatic heterocycles. The van der Waals surface area contributed by atoms with Crippen LogP contribution >= 0.6 is 0 Å². The first-order valence-electron chi connectivity index (χ1n) is 16.0. The van der Waals surface area contributed by atoms with Crippen LogP contribution in [0.1, 0.15) is 107 Å². The van der Waals surface area contributed by atoms with Crippen molar-refractivity contribution in [1.29, 1.82) is 0 Å². The average Bonchev–Trinajstić information content (AvgIpc) is 3.00. The standard InChI is InChI=1S/C39H49NO4S/c1-29-13-19-34(20-14-29)37(6,32(4)41)25-9-11-27-39(40-8,45(43,44)36-23-17-31(3)18-24-36)28-12-10-26-38(7,33(5)42)35-21-15-30(2)16-22-35/h13-24H,9-12,25-28H2,1-7H3. The zero-order valence-electron chi connectivity index (χ0n) is 28.1. The van der Waals surface area contributed by atoms with Gasteiger partial charge < -0.3 is 0 Å². The number of rotatable bonds is 16. The van der Waals surface area contributed by atoms with Crippen molar-refractivity contribution in [2.45, 2.75) is 120 Å². The molecule has 5 nitrogen and oxygen atoms in total. The Kier molecular flexibility index (Phi) is 11.7. The molecule has 0 heterocycles. The third kappa shape index (κ3) is 8.00. The second-order valence-corrected chi connectivity index (χ2v) is 15.5. The zero-order valence-corrected chi connectivity index (χ0v) is 28.9. The van der Waals surface area contributed by atoms with Crippen LogP contribution < -0.4 is 0 Å². The van der Waals surface area contributed by atoms with E-state index in [0.717, 1.165) is 27.8 Å². The van der Waals surface area contributed by atoms with E-state index in [4.69, 9.17) is 6.57 Å². The average molecular weight is 628 g/mol. The van der Waals surface area contributed by atoms with E-state index >= 15 is 0 Å². The molecular weight excluding hydrogens is 578 g/mol. The van der Waals surface area contributed by atoms with Crippen molar-refractivity contribution >= 4 is 21.4 Å². The molecule has 0 fully saturated rings. The third-order valence-electron chi connectivity index (χ3n) is 9.96. The minimum Gasteiger partial charge on any atom is -0.299 e. The third-order valence-corrected chi connectivity index (χ3v) is 12.3. The molecule has 0 saturated heterocycles. The maximum atomic E-state index is 14.2. The first-order valence-corrected chi connectivity index (χ1v) is 17.5. The molecule has 0 aliphatic heterocycles. The topological polar surface area (TPSA) is 72.6 Å². The molecule has 45 heavy (non-hydrogen) atoms. The Hall–Kier alpha value is -3.56. The minimum absolute atomic E-state index is 0.0668. The number of ketones is 2. The van der Waals surface area contributed by atoms with E-state index in [9.17, 15) is 18.0 Å². The van der Waals surface area contributed by atoms with Crippen LogP contribution in [0.5, 0.6) is 0 Å². The highest BCUT2D eigenvalue weighted by Gasteiger charge is 2.50. The molecular formula is C39H49NO4S. The van der Waals surface area contributed by atoms with Gasteiger partial charge in [0.25, 0.3) is 9.84 Å². The van der Waals surface area contributed by atoms with E-state index < -0.39 is 25.5 Å². The fourth-order valence-corrected chi connectivity index (χ4v) is 8.03. The number of nitrogens with zero attached hydrogens (tertiary/aromatic N) is 1. The van der Waals surface area contributed by atoms with Crippen molar-refractivity contribution in [3.63, 3.8) is 0 Å². The summed E-state index contributed by atoms with van der Waals surface area (Å²) in [7, 11) is -4.00. The van der Waals surface area contributed by atoms with Gasteiger partial charge in [0.05, 0.1) is 15.7 Å². The molecule has 0 spiro atoms. The van der Waals surface area contributed by atoms with Crippen LogP contribution in [-0.2, 0) is 30.3 Å². The summed E-state index contributed by atoms with van der Waals surface area (Å²) in [5, 5.41) is 0. The Labute approximate surface area is 271 Å². The molecule has 0 aliphatic rings. The van der Waals surface area contributed by atoms with E-state index in [1.165, 1.54) is 0 Å². The SMILES string of the molecule is [C-]#[N+]C(CCCCC(C)(C(C)=O)c1ccc(C)cc1)(CCCCC(C)(C(C)=O)c1ccc(C)cc1)S(=O)(=O)c1ccc(C)cc1. The minimum atomic E-state index is -4.00. The first-order chi connectivity index (χ1) is 21.1. The van der Waals surface area contributed by atoms with Gasteiger partial charge in [0, 0.05) is 12.8 Å². The number of carbonyl (C=O) groups is 2. The highest BCUT2D eigenvalue weighted by Crippen LogP contribution is 2.40. The normalized spacial score (nSPS) is 15.7. The molecule has 3 rings (SSSR count). The number of Topliss-reactive ketones (excluding diaryl/α,β-unsaturated/α-hetero) is 2. The van der Waals surface area contributed by atoms with E-state index in [-0.39, 0.29) is 29.3 Å². The highest BCUT2D eigenvalue weighted by molar-refractivity contribution is 7.93. The van der Waals surface area contributed by atoms with Crippen molar-refractivity contribution in [2.75, 3.05) is 0 Å². The van der Waals surface area contributed by atoms with Crippen LogP contribution in [0, 0.1) is 27.3 Å². The Morgan fingerprint density at radius 1 is 0.600 bits per heavy atom. The Bertz CT molecular complexity index is 1540. The van der Waals surface area contributed by atoms with Crippen LogP contribution in [0.3, 0.4) is 0 Å². The second-order valence-electron chi connectivity index (χ2n) is 13.3. The Morgan fingerprint density at radius 2 is 0.911 bits per heavy atom. The van der Waals surface area contributed by atoms with Crippen LogP contribution in [0.15, 0.2) is 77.7 Å². The fourth-order valence-electron chi connectivity index (χ4n) is 6.15. The zero-order chi connectivity index (χ0) is 33.5. The second kappa shape index (κ2) is 14.7. The van der Waals surface area contributed by atoms with E-state index in [2.05, 4.69) is 4.85 Å². The van der Waals surface area contributed by atoms with Gasteiger partial charge in [-0.25, -0.2) is 15.0 Å². The molecule has 2 atom stereocenters. The lowest BCUT2D eigenvalue weighted by molar-refractivity contribution is -0.123. The summed E-state index contributed by atoms with van der Waals surface area (Å²) < 4.78 is 28.4. The summed E-state index contributed by atoms with van der Waals surface area (Å²) in [4.78, 5) is 28.1. The summed E-state index contributed by atoms with van der Waals surface area (Å²) >= 11 is 0. The molecule has 0 amide bonds. The molecule has 0 aliphatic carbocycles. The maximum Gasteiger partial charge on any atom is 0.333 e. The predicted molar refractivity (Wildman–Crippen MR) is 183 cm³/mol. The number of sulfone groups is 1. The van der Waals surface area contributed by atoms with E-state index in [0.29, 0.717) is 38.5 Å². The summed E-state index contributed by atoms with van der Waals surface area (Å²) in [6, 6.07) is 22.7. The molecule has 3 aromatic carbocycles. The number of carbonyl (C=O) groups excluding carboxylic acids is 2. The van der Waals surface area contributed by atoms with Gasteiger partial charge in [-0.15, -0.1) is 0 Å². The maximum absolute atomic E-state index is 14.2. The molecule has 0 saturated carbocycles. The molecule has 0 N–H and O–H groups in total. The number of unbranched alkanes of at least 4 members (excludes halogenated alkanes) is 2. The van der Waals surface area contributed by atoms with Crippen molar-refractivity contribution in [3.05, 3.63) is 112 Å². The van der Waals surface area contributed by atoms with Gasteiger partial charge >= 0.3 is 4.87 Å². The van der Waals surface area contributed by atoms with Crippen LogP contribution in [0.25, 0.3) is 4.85 Å².